The molecule has 2 rings (SSSR count). The maximum atomic E-state index is 11.3. The van der Waals surface area contributed by atoms with Crippen LogP contribution in [0.3, 0.4) is 0 Å². The van der Waals surface area contributed by atoms with Gasteiger partial charge in [-0.1, -0.05) is 20.3 Å². The lowest BCUT2D eigenvalue weighted by Crippen LogP contribution is -2.35. The van der Waals surface area contributed by atoms with E-state index >= 15 is 0 Å². The van der Waals surface area contributed by atoms with E-state index in [0.29, 0.717) is 24.0 Å². The van der Waals surface area contributed by atoms with Crippen LogP contribution in [0.1, 0.15) is 38.8 Å². The van der Waals surface area contributed by atoms with E-state index < -0.39 is 0 Å². The zero-order valence-corrected chi connectivity index (χ0v) is 13.1. The van der Waals surface area contributed by atoms with Gasteiger partial charge in [0.15, 0.2) is 0 Å². The molecule has 0 bridgehead atoms. The van der Waals surface area contributed by atoms with Gasteiger partial charge in [0.2, 0.25) is 5.82 Å². The average Bonchev–Trinajstić information content (AvgIpc) is 3.00. The third kappa shape index (κ3) is 3.34. The van der Waals surface area contributed by atoms with Crippen LogP contribution in [0.5, 0.6) is 0 Å². The Morgan fingerprint density at radius 2 is 2.24 bits per heavy atom. The molecule has 0 spiro atoms. The molecule has 1 N–H and O–H groups in total. The van der Waals surface area contributed by atoms with Crippen LogP contribution in [0.15, 0.2) is 0 Å². The lowest BCUT2D eigenvalue weighted by Gasteiger charge is -2.23. The maximum Gasteiger partial charge on any atom is 0.333 e. The number of nitro groups is 1. The van der Waals surface area contributed by atoms with Gasteiger partial charge in [-0.25, -0.2) is 4.68 Å². The van der Waals surface area contributed by atoms with Gasteiger partial charge in [0.05, 0.1) is 4.92 Å². The monoisotopic (exact) mass is 295 g/mol. The minimum Gasteiger partial charge on any atom is -0.363 e. The second-order valence-corrected chi connectivity index (χ2v) is 5.58. The SMILES string of the molecule is CCCc1nn(C)c(NCC2CCCN2CC)c1[N+](=O)[O-]. The van der Waals surface area contributed by atoms with E-state index in [4.69, 9.17) is 0 Å². The number of hydrogen-bond acceptors (Lipinski definition) is 5. The Hall–Kier alpha value is -1.63. The molecule has 118 valence electrons. The second kappa shape index (κ2) is 6.89. The van der Waals surface area contributed by atoms with Crippen molar-refractivity contribution in [2.45, 2.75) is 45.6 Å². The number of likely N-dealkylation sites (N-methyl/N-ethyl adjacent to an activating group) is 1. The molecule has 0 radical (unpaired) electrons. The molecular formula is C14H25N5O2. The summed E-state index contributed by atoms with van der Waals surface area (Å²) in [6, 6.07) is 0.458. The normalized spacial score (nSPS) is 19.1. The van der Waals surface area contributed by atoms with Crippen molar-refractivity contribution in [2.75, 3.05) is 25.0 Å². The van der Waals surface area contributed by atoms with Gasteiger partial charge in [0, 0.05) is 19.6 Å². The summed E-state index contributed by atoms with van der Waals surface area (Å²) in [5, 5.41) is 18.9. The van der Waals surface area contributed by atoms with E-state index in [0.717, 1.165) is 32.5 Å². The van der Waals surface area contributed by atoms with E-state index in [2.05, 4.69) is 22.2 Å². The van der Waals surface area contributed by atoms with Crippen LogP contribution in [-0.2, 0) is 13.5 Å². The number of rotatable bonds is 7. The third-order valence-corrected chi connectivity index (χ3v) is 4.17. The molecule has 1 fully saturated rings. The first-order chi connectivity index (χ1) is 10.1. The van der Waals surface area contributed by atoms with Crippen molar-refractivity contribution in [3.8, 4) is 0 Å². The molecule has 1 unspecified atom stereocenters. The third-order valence-electron chi connectivity index (χ3n) is 4.17. The first-order valence-corrected chi connectivity index (χ1v) is 7.76. The molecule has 2 heterocycles. The van der Waals surface area contributed by atoms with Crippen LogP contribution < -0.4 is 5.32 Å². The summed E-state index contributed by atoms with van der Waals surface area (Å²) in [6.07, 6.45) is 3.84. The summed E-state index contributed by atoms with van der Waals surface area (Å²) in [7, 11) is 1.76. The predicted octanol–water partition coefficient (Wildman–Crippen LogP) is 2.18. The molecule has 7 heteroatoms. The summed E-state index contributed by atoms with van der Waals surface area (Å²) in [6.45, 7) is 7.05. The molecule has 7 nitrogen and oxygen atoms in total. The number of nitrogens with zero attached hydrogens (tertiary/aromatic N) is 4. The van der Waals surface area contributed by atoms with Gasteiger partial charge in [-0.15, -0.1) is 0 Å². The van der Waals surface area contributed by atoms with E-state index in [9.17, 15) is 10.1 Å². The highest BCUT2D eigenvalue weighted by Crippen LogP contribution is 2.29. The van der Waals surface area contributed by atoms with Crippen molar-refractivity contribution in [3.63, 3.8) is 0 Å². The van der Waals surface area contributed by atoms with Crippen molar-refractivity contribution in [2.24, 2.45) is 7.05 Å². The van der Waals surface area contributed by atoms with Crippen LogP contribution in [0.4, 0.5) is 11.5 Å². The number of aromatic nitrogens is 2. The summed E-state index contributed by atoms with van der Waals surface area (Å²) in [5.41, 5.74) is 0.715. The molecule has 1 aromatic heterocycles. The maximum absolute atomic E-state index is 11.3. The molecular weight excluding hydrogens is 270 g/mol. The number of nitrogens with one attached hydrogen (secondary N) is 1. The largest absolute Gasteiger partial charge is 0.363 e. The molecule has 0 amide bonds. The Kier molecular flexibility index (Phi) is 5.17. The highest BCUT2D eigenvalue weighted by atomic mass is 16.6. The van der Waals surface area contributed by atoms with E-state index in [-0.39, 0.29) is 10.6 Å². The van der Waals surface area contributed by atoms with Crippen LogP contribution in [0, 0.1) is 10.1 Å². The van der Waals surface area contributed by atoms with E-state index in [1.807, 2.05) is 6.92 Å². The Labute approximate surface area is 125 Å². The van der Waals surface area contributed by atoms with E-state index in [1.165, 1.54) is 6.42 Å². The fourth-order valence-electron chi connectivity index (χ4n) is 3.12. The predicted molar refractivity (Wildman–Crippen MR) is 82.6 cm³/mol. The van der Waals surface area contributed by atoms with Gasteiger partial charge in [0.1, 0.15) is 5.69 Å². The van der Waals surface area contributed by atoms with Gasteiger partial charge in [-0.3, -0.25) is 15.0 Å². The highest BCUT2D eigenvalue weighted by molar-refractivity contribution is 5.60. The molecule has 1 saturated heterocycles. The summed E-state index contributed by atoms with van der Waals surface area (Å²) < 4.78 is 1.61. The summed E-state index contributed by atoms with van der Waals surface area (Å²) in [4.78, 5) is 13.5. The average molecular weight is 295 g/mol. The van der Waals surface area contributed by atoms with Gasteiger partial charge >= 0.3 is 5.69 Å². The van der Waals surface area contributed by atoms with Gasteiger partial charge < -0.3 is 5.32 Å². The lowest BCUT2D eigenvalue weighted by atomic mass is 10.2. The van der Waals surface area contributed by atoms with Crippen molar-refractivity contribution in [3.05, 3.63) is 15.8 Å². The fraction of sp³-hybridized carbons (Fsp3) is 0.786. The van der Waals surface area contributed by atoms with Crippen molar-refractivity contribution < 1.29 is 4.92 Å². The first-order valence-electron chi connectivity index (χ1n) is 7.76. The fourth-order valence-corrected chi connectivity index (χ4v) is 3.12. The molecule has 1 atom stereocenters. The van der Waals surface area contributed by atoms with Crippen molar-refractivity contribution in [1.29, 1.82) is 0 Å². The Morgan fingerprint density at radius 3 is 2.86 bits per heavy atom. The van der Waals surface area contributed by atoms with Crippen molar-refractivity contribution in [1.82, 2.24) is 14.7 Å². The van der Waals surface area contributed by atoms with Crippen molar-refractivity contribution >= 4 is 11.5 Å². The zero-order valence-electron chi connectivity index (χ0n) is 13.1. The molecule has 0 aromatic carbocycles. The molecule has 1 aliphatic heterocycles. The van der Waals surface area contributed by atoms with Gasteiger partial charge in [-0.2, -0.15) is 5.10 Å². The number of likely N-dealkylation sites (tertiary alicyclic amines) is 1. The van der Waals surface area contributed by atoms with Gasteiger partial charge in [0.25, 0.3) is 0 Å². The smallest absolute Gasteiger partial charge is 0.333 e. The first kappa shape index (κ1) is 15.8. The Bertz CT molecular complexity index is 500. The molecule has 0 saturated carbocycles. The van der Waals surface area contributed by atoms with Crippen LogP contribution >= 0.6 is 0 Å². The second-order valence-electron chi connectivity index (χ2n) is 5.58. The number of aryl methyl sites for hydroxylation is 2. The lowest BCUT2D eigenvalue weighted by molar-refractivity contribution is -0.384. The molecule has 1 aromatic rings. The Morgan fingerprint density at radius 1 is 1.48 bits per heavy atom. The number of hydrogen-bond donors (Lipinski definition) is 1. The summed E-state index contributed by atoms with van der Waals surface area (Å²) in [5.74, 6) is 0.534. The minimum absolute atomic E-state index is 0.139. The Balaban J connectivity index is 2.13. The topological polar surface area (TPSA) is 76.2 Å². The quantitative estimate of drug-likeness (QED) is 0.616. The van der Waals surface area contributed by atoms with Crippen LogP contribution in [0.2, 0.25) is 0 Å². The van der Waals surface area contributed by atoms with Crippen LogP contribution in [0.25, 0.3) is 0 Å². The van der Waals surface area contributed by atoms with Crippen LogP contribution in [-0.4, -0.2) is 45.3 Å². The number of anilines is 1. The summed E-state index contributed by atoms with van der Waals surface area (Å²) >= 11 is 0. The highest BCUT2D eigenvalue weighted by Gasteiger charge is 2.28. The van der Waals surface area contributed by atoms with Gasteiger partial charge in [-0.05, 0) is 32.4 Å². The minimum atomic E-state index is -0.313. The molecule has 0 aliphatic carbocycles. The standard InChI is InChI=1S/C14H25N5O2/c1-4-7-12-13(19(20)21)14(17(3)16-12)15-10-11-8-6-9-18(11)5-2/h11,15H,4-10H2,1-3H3. The molecule has 21 heavy (non-hydrogen) atoms. The van der Waals surface area contributed by atoms with E-state index in [1.54, 1.807) is 11.7 Å². The zero-order chi connectivity index (χ0) is 15.4. The molecule has 1 aliphatic rings.